The predicted molar refractivity (Wildman–Crippen MR) is 63.4 cm³/mol. The molecular weight excluding hydrogens is 252 g/mol. The van der Waals surface area contributed by atoms with E-state index in [0.717, 1.165) is 12.8 Å². The van der Waals surface area contributed by atoms with Crippen molar-refractivity contribution < 1.29 is 24.6 Å². The van der Waals surface area contributed by atoms with Crippen molar-refractivity contribution in [2.75, 3.05) is 13.1 Å². The van der Waals surface area contributed by atoms with Gasteiger partial charge in [-0.1, -0.05) is 5.16 Å². The molecule has 0 aromatic heterocycles. The molecule has 2 heterocycles. The molecule has 1 amide bonds. The maximum atomic E-state index is 12.2. The number of nitrogens with zero attached hydrogens (tertiary/aromatic N) is 2. The van der Waals surface area contributed by atoms with Gasteiger partial charge in [0.1, 0.15) is 0 Å². The number of carbonyl (C=O) groups excluding carboxylic acids is 1. The number of hydrogen-bond acceptors (Lipinski definition) is 5. The molecule has 7 nitrogen and oxygen atoms in total. The fraction of sp³-hybridized carbons (Fsp3) is 0.750. The van der Waals surface area contributed by atoms with E-state index in [1.165, 1.54) is 0 Å². The van der Waals surface area contributed by atoms with Crippen molar-refractivity contribution in [3.05, 3.63) is 0 Å². The van der Waals surface area contributed by atoms with Crippen LogP contribution in [-0.2, 0) is 14.4 Å². The number of amides is 1. The lowest BCUT2D eigenvalue weighted by molar-refractivity contribution is -0.141. The summed E-state index contributed by atoms with van der Waals surface area (Å²) in [6.45, 7) is 1.16. The second-order valence-corrected chi connectivity index (χ2v) is 5.45. The highest BCUT2D eigenvalue weighted by Gasteiger charge is 2.45. The summed E-state index contributed by atoms with van der Waals surface area (Å²) in [5.74, 6) is -0.851. The molecule has 104 valence electrons. The van der Waals surface area contributed by atoms with Gasteiger partial charge in [0.15, 0.2) is 5.71 Å². The second-order valence-electron chi connectivity index (χ2n) is 5.45. The van der Waals surface area contributed by atoms with Crippen molar-refractivity contribution in [1.29, 1.82) is 0 Å². The van der Waals surface area contributed by atoms with Crippen molar-refractivity contribution in [3.63, 3.8) is 0 Å². The van der Waals surface area contributed by atoms with Crippen LogP contribution < -0.4 is 0 Å². The van der Waals surface area contributed by atoms with E-state index in [1.54, 1.807) is 4.90 Å². The lowest BCUT2D eigenvalue weighted by Crippen LogP contribution is -2.39. The summed E-state index contributed by atoms with van der Waals surface area (Å²) >= 11 is 0. The van der Waals surface area contributed by atoms with Gasteiger partial charge in [-0.05, 0) is 18.8 Å². The zero-order chi connectivity index (χ0) is 13.6. The Balaban J connectivity index is 1.60. The van der Waals surface area contributed by atoms with Gasteiger partial charge in [0, 0.05) is 25.4 Å². The van der Waals surface area contributed by atoms with Gasteiger partial charge in [-0.25, -0.2) is 4.79 Å². The maximum Gasteiger partial charge on any atom is 0.353 e. The Morgan fingerprint density at radius 3 is 2.74 bits per heavy atom. The molecule has 3 aliphatic rings. The molecule has 1 saturated heterocycles. The molecule has 4 atom stereocenters. The first-order chi connectivity index (χ1) is 9.06. The van der Waals surface area contributed by atoms with Crippen molar-refractivity contribution in [3.8, 4) is 0 Å². The third-order valence-corrected chi connectivity index (χ3v) is 4.32. The summed E-state index contributed by atoms with van der Waals surface area (Å²) in [7, 11) is 0. The molecule has 4 unspecified atom stereocenters. The van der Waals surface area contributed by atoms with Gasteiger partial charge in [0.2, 0.25) is 6.10 Å². The minimum atomic E-state index is -1.15. The van der Waals surface area contributed by atoms with E-state index in [-0.39, 0.29) is 30.1 Å². The highest BCUT2D eigenvalue weighted by atomic mass is 16.6. The molecule has 0 aromatic rings. The molecule has 3 rings (SSSR count). The van der Waals surface area contributed by atoms with Gasteiger partial charge >= 0.3 is 5.97 Å². The van der Waals surface area contributed by atoms with Gasteiger partial charge in [-0.15, -0.1) is 0 Å². The lowest BCUT2D eigenvalue weighted by atomic mass is 10.00. The minimum Gasteiger partial charge on any atom is -0.477 e. The minimum absolute atomic E-state index is 0.0164. The van der Waals surface area contributed by atoms with E-state index in [0.29, 0.717) is 19.0 Å². The average Bonchev–Trinajstić information content (AvgIpc) is 3.05. The predicted octanol–water partition coefficient (Wildman–Crippen LogP) is -0.555. The van der Waals surface area contributed by atoms with Gasteiger partial charge < -0.3 is 20.0 Å². The van der Waals surface area contributed by atoms with E-state index >= 15 is 0 Å². The number of aliphatic carboxylic acids is 1. The Morgan fingerprint density at radius 1 is 1.32 bits per heavy atom. The monoisotopic (exact) mass is 268 g/mol. The summed E-state index contributed by atoms with van der Waals surface area (Å²) in [4.78, 5) is 29.5. The van der Waals surface area contributed by atoms with Crippen molar-refractivity contribution >= 4 is 17.6 Å². The van der Waals surface area contributed by atoms with Crippen LogP contribution >= 0.6 is 0 Å². The first-order valence-corrected chi connectivity index (χ1v) is 6.49. The number of likely N-dealkylation sites (tertiary alicyclic amines) is 1. The van der Waals surface area contributed by atoms with Gasteiger partial charge in [-0.3, -0.25) is 4.79 Å². The Morgan fingerprint density at radius 2 is 2.11 bits per heavy atom. The molecule has 19 heavy (non-hydrogen) atoms. The maximum absolute atomic E-state index is 12.2. The van der Waals surface area contributed by atoms with Crippen LogP contribution in [0.2, 0.25) is 0 Å². The number of carbonyl (C=O) groups is 2. The SMILES string of the molecule is O=C(O)C1=NOC(C(=O)N2CC3CCC(O)C3C2)C1. The molecule has 7 heteroatoms. The van der Waals surface area contributed by atoms with Crippen LogP contribution in [0.25, 0.3) is 0 Å². The number of fused-ring (bicyclic) bond motifs is 1. The third kappa shape index (κ3) is 2.07. The summed E-state index contributed by atoms with van der Waals surface area (Å²) in [6.07, 6.45) is 0.629. The highest BCUT2D eigenvalue weighted by Crippen LogP contribution is 2.38. The van der Waals surface area contributed by atoms with Crippen LogP contribution in [0.15, 0.2) is 5.16 Å². The van der Waals surface area contributed by atoms with Crippen LogP contribution in [0.5, 0.6) is 0 Å². The highest BCUT2D eigenvalue weighted by molar-refractivity contribution is 6.36. The largest absolute Gasteiger partial charge is 0.477 e. The van der Waals surface area contributed by atoms with Gasteiger partial charge in [-0.2, -0.15) is 0 Å². The molecular formula is C12H16N2O5. The summed E-state index contributed by atoms with van der Waals surface area (Å²) in [5, 5.41) is 22.0. The Labute approximate surface area is 109 Å². The topological polar surface area (TPSA) is 99.4 Å². The average molecular weight is 268 g/mol. The van der Waals surface area contributed by atoms with Crippen LogP contribution in [-0.4, -0.2) is 58.0 Å². The normalized spacial score (nSPS) is 36.9. The van der Waals surface area contributed by atoms with Crippen LogP contribution in [0.1, 0.15) is 19.3 Å². The van der Waals surface area contributed by atoms with Crippen LogP contribution in [0, 0.1) is 11.8 Å². The van der Waals surface area contributed by atoms with Gasteiger partial charge in [0.05, 0.1) is 6.10 Å². The number of hydrogen-bond donors (Lipinski definition) is 2. The first-order valence-electron chi connectivity index (χ1n) is 6.49. The summed E-state index contributed by atoms with van der Waals surface area (Å²) in [5.41, 5.74) is -0.113. The van der Waals surface area contributed by atoms with Crippen molar-refractivity contribution in [2.45, 2.75) is 31.5 Å². The Bertz CT molecular complexity index is 449. The molecule has 0 aromatic carbocycles. The van der Waals surface area contributed by atoms with E-state index in [4.69, 9.17) is 9.94 Å². The van der Waals surface area contributed by atoms with E-state index in [1.807, 2.05) is 0 Å². The number of rotatable bonds is 2. The third-order valence-electron chi connectivity index (χ3n) is 4.32. The fourth-order valence-electron chi connectivity index (χ4n) is 3.26. The first kappa shape index (κ1) is 12.4. The number of aliphatic hydroxyl groups excluding tert-OH is 1. The number of oxime groups is 1. The number of carboxylic acids is 1. The Hall–Kier alpha value is -1.63. The molecule has 0 bridgehead atoms. The summed E-state index contributed by atoms with van der Waals surface area (Å²) in [6, 6.07) is 0. The van der Waals surface area contributed by atoms with E-state index in [9.17, 15) is 14.7 Å². The van der Waals surface area contributed by atoms with Crippen LogP contribution in [0.4, 0.5) is 0 Å². The molecule has 0 radical (unpaired) electrons. The number of aliphatic hydroxyl groups is 1. The van der Waals surface area contributed by atoms with E-state index < -0.39 is 12.1 Å². The van der Waals surface area contributed by atoms with Crippen molar-refractivity contribution in [2.24, 2.45) is 17.0 Å². The summed E-state index contributed by atoms with van der Waals surface area (Å²) < 4.78 is 0. The standard InChI is InChI=1S/C12H16N2O5/c15-9-2-1-6-4-14(5-7(6)9)11(16)10-3-8(12(17)18)13-19-10/h6-7,9-10,15H,1-5H2,(H,17,18). The van der Waals surface area contributed by atoms with Crippen molar-refractivity contribution in [1.82, 2.24) is 4.90 Å². The lowest BCUT2D eigenvalue weighted by Gasteiger charge is -2.20. The zero-order valence-corrected chi connectivity index (χ0v) is 10.4. The molecule has 0 spiro atoms. The second kappa shape index (κ2) is 4.48. The molecule has 2 N–H and O–H groups in total. The Kier molecular flexibility index (Phi) is 2.93. The van der Waals surface area contributed by atoms with Gasteiger partial charge in [0.25, 0.3) is 5.91 Å². The smallest absolute Gasteiger partial charge is 0.353 e. The zero-order valence-electron chi connectivity index (χ0n) is 10.4. The fourth-order valence-corrected chi connectivity index (χ4v) is 3.26. The molecule has 1 saturated carbocycles. The van der Waals surface area contributed by atoms with E-state index in [2.05, 4.69) is 5.16 Å². The molecule has 2 aliphatic heterocycles. The quantitative estimate of drug-likeness (QED) is 0.699. The van der Waals surface area contributed by atoms with Crippen LogP contribution in [0.3, 0.4) is 0 Å². The molecule has 1 aliphatic carbocycles. The number of carboxylic acid groups (broad SMARTS) is 1. The molecule has 2 fully saturated rings.